The van der Waals surface area contributed by atoms with E-state index in [0.29, 0.717) is 12.6 Å². The molecule has 0 saturated carbocycles. The van der Waals surface area contributed by atoms with Gasteiger partial charge in [-0.15, -0.1) is 0 Å². The number of aliphatic imine (C=N–C) groups is 1. The first-order valence-corrected chi connectivity index (χ1v) is 8.72. The first-order chi connectivity index (χ1) is 11.6. The van der Waals surface area contributed by atoms with Crippen molar-refractivity contribution in [1.29, 1.82) is 0 Å². The summed E-state index contributed by atoms with van der Waals surface area (Å²) in [7, 11) is 0. The minimum atomic E-state index is -0.210. The zero-order valence-electron chi connectivity index (χ0n) is 14.9. The van der Waals surface area contributed by atoms with Crippen LogP contribution in [0.3, 0.4) is 0 Å². The highest BCUT2D eigenvalue weighted by molar-refractivity contribution is 5.80. The largest absolute Gasteiger partial charge is 0.379 e. The number of hydrogen-bond donors (Lipinski definition) is 2. The Labute approximate surface area is 144 Å². The fourth-order valence-electron chi connectivity index (χ4n) is 2.78. The van der Waals surface area contributed by atoms with E-state index in [-0.39, 0.29) is 11.9 Å². The molecule has 0 amide bonds. The fraction of sp³-hybridized carbons (Fsp3) is 0.611. The Morgan fingerprint density at radius 3 is 2.50 bits per heavy atom. The summed E-state index contributed by atoms with van der Waals surface area (Å²) in [5.41, 5.74) is 1.09. The van der Waals surface area contributed by atoms with Crippen LogP contribution in [-0.2, 0) is 4.74 Å². The molecule has 1 fully saturated rings. The molecular formula is C18H29FN4O. The summed E-state index contributed by atoms with van der Waals surface area (Å²) in [5.74, 6) is 0.602. The summed E-state index contributed by atoms with van der Waals surface area (Å²) in [6, 6.07) is 7.18. The second-order valence-electron chi connectivity index (χ2n) is 6.23. The maximum atomic E-state index is 13.3. The second kappa shape index (κ2) is 9.59. The van der Waals surface area contributed by atoms with Gasteiger partial charge in [-0.05, 0) is 38.5 Å². The second-order valence-corrected chi connectivity index (χ2v) is 6.23. The average Bonchev–Trinajstić information content (AvgIpc) is 2.57. The van der Waals surface area contributed by atoms with Gasteiger partial charge in [-0.2, -0.15) is 0 Å². The van der Waals surface area contributed by atoms with E-state index in [1.807, 2.05) is 12.1 Å². The third kappa shape index (κ3) is 5.76. The molecule has 0 aliphatic carbocycles. The molecule has 1 saturated heterocycles. The van der Waals surface area contributed by atoms with Crippen LogP contribution in [0.2, 0.25) is 0 Å². The number of guanidine groups is 1. The van der Waals surface area contributed by atoms with E-state index >= 15 is 0 Å². The van der Waals surface area contributed by atoms with Crippen LogP contribution in [0.25, 0.3) is 0 Å². The Morgan fingerprint density at radius 2 is 1.92 bits per heavy atom. The molecule has 0 bridgehead atoms. The van der Waals surface area contributed by atoms with E-state index in [2.05, 4.69) is 36.3 Å². The van der Waals surface area contributed by atoms with Gasteiger partial charge in [0.25, 0.3) is 0 Å². The molecule has 0 radical (unpaired) electrons. The highest BCUT2D eigenvalue weighted by atomic mass is 19.1. The van der Waals surface area contributed by atoms with Crippen molar-refractivity contribution in [2.24, 2.45) is 4.99 Å². The maximum Gasteiger partial charge on any atom is 0.191 e. The van der Waals surface area contributed by atoms with Gasteiger partial charge in [0.05, 0.1) is 25.8 Å². The van der Waals surface area contributed by atoms with Crippen molar-refractivity contribution in [2.75, 3.05) is 39.4 Å². The third-order valence-electron chi connectivity index (χ3n) is 3.93. The molecule has 1 aromatic rings. The molecule has 2 rings (SSSR count). The summed E-state index contributed by atoms with van der Waals surface area (Å²) in [5, 5.41) is 6.60. The van der Waals surface area contributed by atoms with Crippen LogP contribution in [0.5, 0.6) is 0 Å². The van der Waals surface area contributed by atoms with Crippen molar-refractivity contribution in [3.8, 4) is 0 Å². The van der Waals surface area contributed by atoms with Gasteiger partial charge < -0.3 is 15.4 Å². The Bertz CT molecular complexity index is 512. The van der Waals surface area contributed by atoms with Gasteiger partial charge in [-0.1, -0.05) is 12.1 Å². The van der Waals surface area contributed by atoms with E-state index in [1.165, 1.54) is 12.1 Å². The summed E-state index contributed by atoms with van der Waals surface area (Å²) in [6.07, 6.45) is 0. The normalized spacial score (nSPS) is 17.8. The van der Waals surface area contributed by atoms with Crippen LogP contribution in [0.4, 0.5) is 4.39 Å². The Hall–Kier alpha value is -1.66. The van der Waals surface area contributed by atoms with E-state index in [0.717, 1.165) is 44.4 Å². The first kappa shape index (κ1) is 18.7. The zero-order chi connectivity index (χ0) is 17.4. The molecule has 24 heavy (non-hydrogen) atoms. The molecule has 1 unspecified atom stereocenters. The van der Waals surface area contributed by atoms with E-state index < -0.39 is 0 Å². The fourth-order valence-corrected chi connectivity index (χ4v) is 2.78. The monoisotopic (exact) mass is 336 g/mol. The van der Waals surface area contributed by atoms with Gasteiger partial charge in [0.1, 0.15) is 5.82 Å². The van der Waals surface area contributed by atoms with Gasteiger partial charge in [0.2, 0.25) is 0 Å². The Morgan fingerprint density at radius 1 is 1.25 bits per heavy atom. The van der Waals surface area contributed by atoms with E-state index in [9.17, 15) is 4.39 Å². The predicted octanol–water partition coefficient (Wildman–Crippen LogP) is 2.16. The number of halogens is 1. The molecule has 1 aliphatic heterocycles. The van der Waals surface area contributed by atoms with Crippen LogP contribution in [0.15, 0.2) is 29.3 Å². The maximum absolute atomic E-state index is 13.3. The lowest BCUT2D eigenvalue weighted by atomic mass is 10.0. The number of morpholine rings is 1. The number of benzene rings is 1. The summed E-state index contributed by atoms with van der Waals surface area (Å²) >= 11 is 0. The van der Waals surface area contributed by atoms with Crippen molar-refractivity contribution in [1.82, 2.24) is 15.5 Å². The lowest BCUT2D eigenvalue weighted by molar-refractivity contribution is 0.0179. The van der Waals surface area contributed by atoms with E-state index in [1.54, 1.807) is 0 Å². The minimum absolute atomic E-state index is 0.122. The molecule has 2 N–H and O–H groups in total. The van der Waals surface area contributed by atoms with Gasteiger partial charge in [0, 0.05) is 25.7 Å². The van der Waals surface area contributed by atoms with Gasteiger partial charge >= 0.3 is 0 Å². The predicted molar refractivity (Wildman–Crippen MR) is 95.8 cm³/mol. The SMILES string of the molecule is CCNC(=NCC(c1ccc(F)cc1)N1CCOCC1)NC(C)C. The van der Waals surface area contributed by atoms with Gasteiger partial charge in [0.15, 0.2) is 5.96 Å². The van der Waals surface area contributed by atoms with Crippen LogP contribution in [0.1, 0.15) is 32.4 Å². The van der Waals surface area contributed by atoms with Crippen LogP contribution < -0.4 is 10.6 Å². The van der Waals surface area contributed by atoms with E-state index in [4.69, 9.17) is 9.73 Å². The zero-order valence-corrected chi connectivity index (χ0v) is 14.9. The molecule has 1 heterocycles. The standard InChI is InChI=1S/C18H29FN4O/c1-4-20-18(22-14(2)3)21-13-17(23-9-11-24-12-10-23)15-5-7-16(19)8-6-15/h5-8,14,17H,4,9-13H2,1-3H3,(H2,20,21,22). The highest BCUT2D eigenvalue weighted by Gasteiger charge is 2.22. The summed E-state index contributed by atoms with van der Waals surface area (Å²) < 4.78 is 18.7. The number of hydrogen-bond acceptors (Lipinski definition) is 3. The number of ether oxygens (including phenoxy) is 1. The number of nitrogens with one attached hydrogen (secondary N) is 2. The Balaban J connectivity index is 2.16. The van der Waals surface area contributed by atoms with Crippen LogP contribution in [-0.4, -0.2) is 56.3 Å². The molecule has 1 aromatic carbocycles. The third-order valence-corrected chi connectivity index (χ3v) is 3.93. The van der Waals surface area contributed by atoms with Crippen molar-refractivity contribution in [3.05, 3.63) is 35.6 Å². The van der Waals surface area contributed by atoms with Gasteiger partial charge in [-0.3, -0.25) is 9.89 Å². The molecule has 134 valence electrons. The molecular weight excluding hydrogens is 307 g/mol. The molecule has 1 aliphatic rings. The van der Waals surface area contributed by atoms with Crippen molar-refractivity contribution in [2.45, 2.75) is 32.9 Å². The summed E-state index contributed by atoms with van der Waals surface area (Å²) in [4.78, 5) is 7.11. The molecule has 6 heteroatoms. The van der Waals surface area contributed by atoms with Crippen LogP contribution >= 0.6 is 0 Å². The van der Waals surface area contributed by atoms with Crippen molar-refractivity contribution >= 4 is 5.96 Å². The molecule has 1 atom stereocenters. The minimum Gasteiger partial charge on any atom is -0.379 e. The molecule has 0 aromatic heterocycles. The molecule has 0 spiro atoms. The Kier molecular flexibility index (Phi) is 7.46. The lowest BCUT2D eigenvalue weighted by Crippen LogP contribution is -2.43. The number of nitrogens with zero attached hydrogens (tertiary/aromatic N) is 2. The highest BCUT2D eigenvalue weighted by Crippen LogP contribution is 2.22. The quantitative estimate of drug-likeness (QED) is 0.617. The van der Waals surface area contributed by atoms with Crippen molar-refractivity contribution in [3.63, 3.8) is 0 Å². The molecule has 5 nitrogen and oxygen atoms in total. The van der Waals surface area contributed by atoms with Gasteiger partial charge in [-0.25, -0.2) is 4.39 Å². The lowest BCUT2D eigenvalue weighted by Gasteiger charge is -2.34. The first-order valence-electron chi connectivity index (χ1n) is 8.72. The number of rotatable bonds is 6. The van der Waals surface area contributed by atoms with Crippen LogP contribution in [0, 0.1) is 5.82 Å². The topological polar surface area (TPSA) is 48.9 Å². The smallest absolute Gasteiger partial charge is 0.191 e. The average molecular weight is 336 g/mol. The summed E-state index contributed by atoms with van der Waals surface area (Å²) in [6.45, 7) is 10.9. The van der Waals surface area contributed by atoms with Crippen molar-refractivity contribution < 1.29 is 9.13 Å².